The average Bonchev–Trinajstić information content (AvgIpc) is 2.52. The standard InChI is InChI=1S/C14H10F5NO3S/c1-20(7-3-4-11(23-2)8(15)5-7)24(21,22)14-12(18)9(16)6-10(17)13(14)19/h3-6H,1-2H3. The van der Waals surface area contributed by atoms with Gasteiger partial charge < -0.3 is 4.74 Å². The molecule has 0 aromatic heterocycles. The maximum Gasteiger partial charge on any atom is 0.270 e. The van der Waals surface area contributed by atoms with E-state index >= 15 is 0 Å². The molecule has 0 fully saturated rings. The summed E-state index contributed by atoms with van der Waals surface area (Å²) in [6, 6.07) is 2.78. The van der Waals surface area contributed by atoms with Gasteiger partial charge in [-0.1, -0.05) is 0 Å². The Morgan fingerprint density at radius 2 is 1.46 bits per heavy atom. The Kier molecular flexibility index (Phi) is 4.70. The van der Waals surface area contributed by atoms with E-state index in [1.165, 1.54) is 7.11 Å². The predicted octanol–water partition coefficient (Wildman–Crippen LogP) is 3.22. The van der Waals surface area contributed by atoms with E-state index in [-0.39, 0.29) is 21.8 Å². The van der Waals surface area contributed by atoms with Crippen molar-refractivity contribution in [2.24, 2.45) is 0 Å². The molecular formula is C14H10F5NO3S. The van der Waals surface area contributed by atoms with E-state index in [0.717, 1.165) is 25.2 Å². The largest absolute Gasteiger partial charge is 0.494 e. The zero-order chi connectivity index (χ0) is 18.2. The van der Waals surface area contributed by atoms with Crippen molar-refractivity contribution in [1.29, 1.82) is 0 Å². The summed E-state index contributed by atoms with van der Waals surface area (Å²) in [5, 5.41) is 0. The topological polar surface area (TPSA) is 46.6 Å². The third-order valence-corrected chi connectivity index (χ3v) is 5.00. The number of hydrogen-bond donors (Lipinski definition) is 0. The number of nitrogens with zero attached hydrogens (tertiary/aromatic N) is 1. The van der Waals surface area contributed by atoms with E-state index in [9.17, 15) is 30.4 Å². The second kappa shape index (κ2) is 6.27. The molecule has 4 nitrogen and oxygen atoms in total. The normalized spacial score (nSPS) is 11.5. The molecule has 2 aromatic carbocycles. The summed E-state index contributed by atoms with van der Waals surface area (Å²) < 4.78 is 97.2. The molecule has 0 atom stereocenters. The smallest absolute Gasteiger partial charge is 0.270 e. The molecule has 0 spiro atoms. The van der Waals surface area contributed by atoms with Gasteiger partial charge in [-0.15, -0.1) is 0 Å². The zero-order valence-corrected chi connectivity index (χ0v) is 13.1. The van der Waals surface area contributed by atoms with Crippen molar-refractivity contribution in [3.8, 4) is 5.75 Å². The summed E-state index contributed by atoms with van der Waals surface area (Å²) in [6.45, 7) is 0. The molecule has 2 rings (SSSR count). The lowest BCUT2D eigenvalue weighted by Crippen LogP contribution is -2.29. The van der Waals surface area contributed by atoms with Crippen LogP contribution in [0.5, 0.6) is 5.75 Å². The van der Waals surface area contributed by atoms with Crippen LogP contribution in [0.25, 0.3) is 0 Å². The molecule has 0 aliphatic carbocycles. The number of benzene rings is 2. The van der Waals surface area contributed by atoms with Gasteiger partial charge in [0.2, 0.25) is 0 Å². The van der Waals surface area contributed by atoms with E-state index in [0.29, 0.717) is 0 Å². The third kappa shape index (κ3) is 2.88. The minimum Gasteiger partial charge on any atom is -0.494 e. The van der Waals surface area contributed by atoms with Gasteiger partial charge in [-0.25, -0.2) is 30.4 Å². The number of sulfonamides is 1. The highest BCUT2D eigenvalue weighted by molar-refractivity contribution is 7.92. The minimum atomic E-state index is -5.04. The van der Waals surface area contributed by atoms with E-state index in [2.05, 4.69) is 4.74 Å². The fourth-order valence-electron chi connectivity index (χ4n) is 1.90. The van der Waals surface area contributed by atoms with Crippen molar-refractivity contribution in [2.75, 3.05) is 18.5 Å². The minimum absolute atomic E-state index is 0.114. The van der Waals surface area contributed by atoms with Crippen LogP contribution in [-0.4, -0.2) is 22.6 Å². The van der Waals surface area contributed by atoms with E-state index in [1.807, 2.05) is 0 Å². The van der Waals surface area contributed by atoms with Gasteiger partial charge in [0.05, 0.1) is 12.8 Å². The van der Waals surface area contributed by atoms with Crippen LogP contribution >= 0.6 is 0 Å². The van der Waals surface area contributed by atoms with Crippen LogP contribution in [-0.2, 0) is 10.0 Å². The van der Waals surface area contributed by atoms with Gasteiger partial charge in [0.25, 0.3) is 10.0 Å². The van der Waals surface area contributed by atoms with Crippen molar-refractivity contribution >= 4 is 15.7 Å². The van der Waals surface area contributed by atoms with E-state index in [1.54, 1.807) is 0 Å². The lowest BCUT2D eigenvalue weighted by Gasteiger charge is -2.20. The van der Waals surface area contributed by atoms with E-state index < -0.39 is 44.0 Å². The number of methoxy groups -OCH3 is 1. The summed E-state index contributed by atoms with van der Waals surface area (Å²) in [5.74, 6) is -9.03. The predicted molar refractivity (Wildman–Crippen MR) is 74.8 cm³/mol. The average molecular weight is 367 g/mol. The molecule has 0 unspecified atom stereocenters. The van der Waals surface area contributed by atoms with Crippen molar-refractivity contribution < 1.29 is 35.1 Å². The number of halogens is 5. The first-order valence-corrected chi connectivity index (χ1v) is 7.70. The van der Waals surface area contributed by atoms with Crippen LogP contribution in [0.2, 0.25) is 0 Å². The van der Waals surface area contributed by atoms with Gasteiger partial charge >= 0.3 is 0 Å². The van der Waals surface area contributed by atoms with Crippen LogP contribution in [0.15, 0.2) is 29.2 Å². The lowest BCUT2D eigenvalue weighted by molar-refractivity contribution is 0.386. The third-order valence-electron chi connectivity index (χ3n) is 3.19. The molecule has 0 saturated carbocycles. The molecule has 0 bridgehead atoms. The van der Waals surface area contributed by atoms with Crippen molar-refractivity contribution in [1.82, 2.24) is 0 Å². The Hall–Kier alpha value is -2.36. The van der Waals surface area contributed by atoms with Gasteiger partial charge in [-0.2, -0.15) is 0 Å². The lowest BCUT2D eigenvalue weighted by atomic mass is 10.3. The molecular weight excluding hydrogens is 357 g/mol. The maximum atomic E-state index is 13.7. The van der Waals surface area contributed by atoms with Crippen molar-refractivity contribution in [3.05, 3.63) is 53.4 Å². The second-order valence-corrected chi connectivity index (χ2v) is 6.49. The number of anilines is 1. The monoisotopic (exact) mass is 367 g/mol. The van der Waals surface area contributed by atoms with Crippen molar-refractivity contribution in [2.45, 2.75) is 4.90 Å². The van der Waals surface area contributed by atoms with Gasteiger partial charge in [0, 0.05) is 19.2 Å². The van der Waals surface area contributed by atoms with Crippen LogP contribution in [0, 0.1) is 29.1 Å². The molecule has 0 saturated heterocycles. The summed E-state index contributed by atoms with van der Waals surface area (Å²) in [4.78, 5) is -1.81. The summed E-state index contributed by atoms with van der Waals surface area (Å²) >= 11 is 0. The van der Waals surface area contributed by atoms with Gasteiger partial charge in [0.15, 0.2) is 39.7 Å². The molecule has 0 radical (unpaired) electrons. The molecule has 0 aliphatic rings. The molecule has 24 heavy (non-hydrogen) atoms. The van der Waals surface area contributed by atoms with E-state index in [4.69, 9.17) is 0 Å². The zero-order valence-electron chi connectivity index (χ0n) is 12.3. The fourth-order valence-corrected chi connectivity index (χ4v) is 3.22. The quantitative estimate of drug-likeness (QED) is 0.616. The Labute approximate surface area is 134 Å². The highest BCUT2D eigenvalue weighted by Crippen LogP contribution is 2.30. The highest BCUT2D eigenvalue weighted by atomic mass is 32.2. The highest BCUT2D eigenvalue weighted by Gasteiger charge is 2.33. The maximum absolute atomic E-state index is 13.7. The summed E-state index contributed by atoms with van der Waals surface area (Å²) in [6.07, 6.45) is 0. The molecule has 130 valence electrons. The molecule has 0 N–H and O–H groups in total. The Balaban J connectivity index is 2.61. The first kappa shape index (κ1) is 18.0. The number of rotatable bonds is 4. The van der Waals surface area contributed by atoms with Gasteiger partial charge in [-0.3, -0.25) is 4.31 Å². The molecule has 0 heterocycles. The first-order valence-electron chi connectivity index (χ1n) is 6.26. The summed E-state index contributed by atoms with van der Waals surface area (Å²) in [5.41, 5.74) is -0.336. The van der Waals surface area contributed by atoms with Crippen LogP contribution in [0.1, 0.15) is 0 Å². The Morgan fingerprint density at radius 1 is 0.917 bits per heavy atom. The summed E-state index contributed by atoms with van der Waals surface area (Å²) in [7, 11) is -3.01. The number of ether oxygens (including phenoxy) is 1. The first-order chi connectivity index (χ1) is 11.1. The van der Waals surface area contributed by atoms with Gasteiger partial charge in [0.1, 0.15) is 0 Å². The number of hydrogen-bond acceptors (Lipinski definition) is 3. The second-order valence-electron chi connectivity index (χ2n) is 4.59. The molecule has 2 aromatic rings. The SMILES string of the molecule is COc1ccc(N(C)S(=O)(=O)c2c(F)c(F)cc(F)c2F)cc1F. The molecule has 0 amide bonds. The van der Waals surface area contributed by atoms with Gasteiger partial charge in [-0.05, 0) is 12.1 Å². The van der Waals surface area contributed by atoms with Crippen molar-refractivity contribution in [3.63, 3.8) is 0 Å². The van der Waals surface area contributed by atoms with Crippen LogP contribution in [0.4, 0.5) is 27.6 Å². The molecule has 0 aliphatic heterocycles. The van der Waals surface area contributed by atoms with Crippen LogP contribution < -0.4 is 9.04 Å². The van der Waals surface area contributed by atoms with Crippen LogP contribution in [0.3, 0.4) is 0 Å². The Bertz CT molecular complexity index is 876. The Morgan fingerprint density at radius 3 is 1.92 bits per heavy atom. The fraction of sp³-hybridized carbons (Fsp3) is 0.143. The molecule has 10 heteroatoms.